The Morgan fingerprint density at radius 3 is 2.41 bits per heavy atom. The van der Waals surface area contributed by atoms with Gasteiger partial charge in [0.05, 0.1) is 15.5 Å². The number of benzene rings is 2. The van der Waals surface area contributed by atoms with Crippen LogP contribution < -0.4 is 20.9 Å². The smallest absolute Gasteiger partial charge is 0.270 e. The number of carbonyl (C=O) groups excluding carboxylic acids is 2. The lowest BCUT2D eigenvalue weighted by molar-refractivity contribution is -0.384. The molecular formula is C18H17BrN4O5S. The van der Waals surface area contributed by atoms with Crippen LogP contribution in [0.2, 0.25) is 0 Å². The molecule has 2 aromatic carbocycles. The highest BCUT2D eigenvalue weighted by Crippen LogP contribution is 2.26. The van der Waals surface area contributed by atoms with E-state index in [0.29, 0.717) is 15.8 Å². The zero-order valence-electron chi connectivity index (χ0n) is 15.4. The Balaban J connectivity index is 1.92. The van der Waals surface area contributed by atoms with Crippen LogP contribution in [0.15, 0.2) is 46.9 Å². The molecule has 29 heavy (non-hydrogen) atoms. The van der Waals surface area contributed by atoms with E-state index in [2.05, 4.69) is 32.1 Å². The number of rotatable bonds is 5. The van der Waals surface area contributed by atoms with Crippen molar-refractivity contribution in [2.75, 3.05) is 0 Å². The second-order valence-corrected chi connectivity index (χ2v) is 7.24. The minimum Gasteiger partial charge on any atom is -0.490 e. The number of nitro groups is 1. The number of amides is 2. The van der Waals surface area contributed by atoms with Crippen molar-refractivity contribution in [3.8, 4) is 5.75 Å². The molecule has 0 fully saturated rings. The lowest BCUT2D eigenvalue weighted by atomic mass is 10.2. The summed E-state index contributed by atoms with van der Waals surface area (Å²) in [7, 11) is 0. The molecule has 0 radical (unpaired) electrons. The number of ether oxygens (including phenoxy) is 1. The second kappa shape index (κ2) is 9.94. The van der Waals surface area contributed by atoms with Crippen LogP contribution in [0.3, 0.4) is 0 Å². The number of nitrogens with one attached hydrogen (secondary N) is 3. The number of nitro benzene ring substituents is 1. The summed E-state index contributed by atoms with van der Waals surface area (Å²) in [5.41, 5.74) is 4.81. The predicted molar refractivity (Wildman–Crippen MR) is 114 cm³/mol. The van der Waals surface area contributed by atoms with Crippen molar-refractivity contribution in [1.29, 1.82) is 0 Å². The van der Waals surface area contributed by atoms with Gasteiger partial charge in [-0.3, -0.25) is 35.9 Å². The van der Waals surface area contributed by atoms with Gasteiger partial charge in [-0.05, 0) is 66.3 Å². The summed E-state index contributed by atoms with van der Waals surface area (Å²) in [6.45, 7) is 3.78. The van der Waals surface area contributed by atoms with Gasteiger partial charge in [0.2, 0.25) is 0 Å². The molecule has 0 unspecified atom stereocenters. The van der Waals surface area contributed by atoms with Gasteiger partial charge in [-0.2, -0.15) is 0 Å². The van der Waals surface area contributed by atoms with E-state index in [0.717, 1.165) is 6.07 Å². The molecule has 0 heterocycles. The molecule has 3 N–H and O–H groups in total. The van der Waals surface area contributed by atoms with Crippen LogP contribution in [0.1, 0.15) is 34.6 Å². The van der Waals surface area contributed by atoms with E-state index < -0.39 is 16.7 Å². The van der Waals surface area contributed by atoms with Crippen molar-refractivity contribution >= 4 is 50.8 Å². The van der Waals surface area contributed by atoms with Crippen LogP contribution >= 0.6 is 28.1 Å². The molecule has 11 heteroatoms. The fraction of sp³-hybridized carbons (Fsp3) is 0.167. The van der Waals surface area contributed by atoms with E-state index in [-0.39, 0.29) is 22.5 Å². The topological polar surface area (TPSA) is 123 Å². The molecule has 0 saturated carbocycles. The molecule has 0 atom stereocenters. The molecule has 0 aliphatic carbocycles. The highest BCUT2D eigenvalue weighted by atomic mass is 79.9. The van der Waals surface area contributed by atoms with Crippen molar-refractivity contribution in [2.45, 2.75) is 20.0 Å². The molecule has 2 aromatic rings. The van der Waals surface area contributed by atoms with Crippen LogP contribution in [-0.2, 0) is 0 Å². The molecule has 0 aliphatic rings. The number of carbonyl (C=O) groups is 2. The molecule has 0 saturated heterocycles. The number of nitrogens with zero attached hydrogens (tertiary/aromatic N) is 1. The number of halogens is 1. The molecule has 0 aliphatic heterocycles. The minimum absolute atomic E-state index is 0.0163. The maximum absolute atomic E-state index is 12.3. The van der Waals surface area contributed by atoms with Crippen LogP contribution in [0, 0.1) is 10.1 Å². The Labute approximate surface area is 180 Å². The monoisotopic (exact) mass is 480 g/mol. The summed E-state index contributed by atoms with van der Waals surface area (Å²) in [6.07, 6.45) is -0.0163. The Morgan fingerprint density at radius 1 is 1.10 bits per heavy atom. The van der Waals surface area contributed by atoms with Crippen molar-refractivity contribution in [3.63, 3.8) is 0 Å². The summed E-state index contributed by atoms with van der Waals surface area (Å²) in [4.78, 5) is 34.5. The van der Waals surface area contributed by atoms with E-state index in [1.54, 1.807) is 18.2 Å². The standard InChI is InChI=1S/C18H17BrN4O5S/c1-10(2)28-15-7-6-12(9-14(15)19)16(24)20-18(29)22-21-17(25)11-4-3-5-13(8-11)23(26)27/h3-10H,1-2H3,(H,21,25)(H2,20,22,24,29). The summed E-state index contributed by atoms with van der Waals surface area (Å²) < 4.78 is 6.19. The average molecular weight is 481 g/mol. The summed E-state index contributed by atoms with van der Waals surface area (Å²) in [5, 5.41) is 13.0. The first-order chi connectivity index (χ1) is 13.7. The van der Waals surface area contributed by atoms with Gasteiger partial charge in [0.1, 0.15) is 5.75 Å². The highest BCUT2D eigenvalue weighted by molar-refractivity contribution is 9.10. The normalized spacial score (nSPS) is 10.2. The van der Waals surface area contributed by atoms with E-state index in [9.17, 15) is 19.7 Å². The lowest BCUT2D eigenvalue weighted by Crippen LogP contribution is -2.48. The fourth-order valence-electron chi connectivity index (χ4n) is 2.14. The quantitative estimate of drug-likeness (QED) is 0.341. The number of hydrazine groups is 1. The predicted octanol–water partition coefficient (Wildman–Crippen LogP) is 3.09. The average Bonchev–Trinajstić information content (AvgIpc) is 2.67. The van der Waals surface area contributed by atoms with E-state index in [1.807, 2.05) is 13.8 Å². The molecule has 2 rings (SSSR count). The van der Waals surface area contributed by atoms with Gasteiger partial charge in [0.25, 0.3) is 17.5 Å². The van der Waals surface area contributed by atoms with Gasteiger partial charge in [-0.1, -0.05) is 6.07 Å². The van der Waals surface area contributed by atoms with Gasteiger partial charge in [0.15, 0.2) is 5.11 Å². The van der Waals surface area contributed by atoms with Crippen LogP contribution in [-0.4, -0.2) is 28.0 Å². The Kier molecular flexibility index (Phi) is 7.62. The SMILES string of the molecule is CC(C)Oc1ccc(C(=O)NC(=S)NNC(=O)c2cccc([N+](=O)[O-])c2)cc1Br. The first-order valence-corrected chi connectivity index (χ1v) is 9.50. The Morgan fingerprint density at radius 2 is 1.79 bits per heavy atom. The molecule has 0 spiro atoms. The van der Waals surface area contributed by atoms with Gasteiger partial charge in [-0.15, -0.1) is 0 Å². The third-order valence-corrected chi connectivity index (χ3v) is 4.22. The molecule has 0 bridgehead atoms. The van der Waals surface area contributed by atoms with Crippen molar-refractivity contribution < 1.29 is 19.2 Å². The van der Waals surface area contributed by atoms with Gasteiger partial charge in [-0.25, -0.2) is 0 Å². The van der Waals surface area contributed by atoms with Crippen molar-refractivity contribution in [3.05, 3.63) is 68.2 Å². The number of thiocarbonyl (C=S) groups is 1. The van der Waals surface area contributed by atoms with E-state index >= 15 is 0 Å². The van der Waals surface area contributed by atoms with Gasteiger partial charge >= 0.3 is 0 Å². The summed E-state index contributed by atoms with van der Waals surface area (Å²) in [6, 6.07) is 9.99. The second-order valence-electron chi connectivity index (χ2n) is 5.98. The van der Waals surface area contributed by atoms with Gasteiger partial charge < -0.3 is 4.74 Å². The van der Waals surface area contributed by atoms with Crippen LogP contribution in [0.4, 0.5) is 5.69 Å². The molecule has 9 nitrogen and oxygen atoms in total. The maximum Gasteiger partial charge on any atom is 0.270 e. The zero-order valence-corrected chi connectivity index (χ0v) is 17.8. The van der Waals surface area contributed by atoms with Crippen molar-refractivity contribution in [2.24, 2.45) is 0 Å². The lowest BCUT2D eigenvalue weighted by Gasteiger charge is -2.13. The number of hydrogen-bond acceptors (Lipinski definition) is 6. The maximum atomic E-state index is 12.3. The molecule has 0 aromatic heterocycles. The van der Waals surface area contributed by atoms with Gasteiger partial charge in [0, 0.05) is 23.3 Å². The third kappa shape index (κ3) is 6.50. The van der Waals surface area contributed by atoms with E-state index in [1.165, 1.54) is 18.2 Å². The fourth-order valence-corrected chi connectivity index (χ4v) is 2.76. The highest BCUT2D eigenvalue weighted by Gasteiger charge is 2.14. The number of hydrogen-bond donors (Lipinski definition) is 3. The third-order valence-electron chi connectivity index (χ3n) is 3.39. The summed E-state index contributed by atoms with van der Waals surface area (Å²) >= 11 is 8.32. The zero-order chi connectivity index (χ0) is 21.6. The molecule has 2 amide bonds. The van der Waals surface area contributed by atoms with Crippen LogP contribution in [0.5, 0.6) is 5.75 Å². The first kappa shape index (κ1) is 22.2. The first-order valence-electron chi connectivity index (χ1n) is 8.29. The molecular weight excluding hydrogens is 464 g/mol. The van der Waals surface area contributed by atoms with Crippen LogP contribution in [0.25, 0.3) is 0 Å². The van der Waals surface area contributed by atoms with Crippen molar-refractivity contribution in [1.82, 2.24) is 16.2 Å². The number of non-ortho nitro benzene ring substituents is 1. The van der Waals surface area contributed by atoms with E-state index in [4.69, 9.17) is 17.0 Å². The molecule has 152 valence electrons. The minimum atomic E-state index is -0.650. The largest absolute Gasteiger partial charge is 0.490 e. The Bertz CT molecular complexity index is 967. The summed E-state index contributed by atoms with van der Waals surface area (Å²) in [5.74, 6) is -0.548. The Hall–Kier alpha value is -3.05.